The largest absolute Gasteiger partial charge is 0.461 e. The molecule has 1 N–H and O–H groups in total. The summed E-state index contributed by atoms with van der Waals surface area (Å²) in [6, 6.07) is 2.78. The lowest BCUT2D eigenvalue weighted by Crippen LogP contribution is -2.37. The molecule has 0 aliphatic rings. The minimum absolute atomic E-state index is 0.0369. The average molecular weight is 283 g/mol. The van der Waals surface area contributed by atoms with Gasteiger partial charge in [-0.15, -0.1) is 0 Å². The van der Waals surface area contributed by atoms with Crippen LogP contribution < -0.4 is 0 Å². The smallest absolute Gasteiger partial charge is 0.380 e. The summed E-state index contributed by atoms with van der Waals surface area (Å²) in [6.07, 6.45) is -2.66. The first-order chi connectivity index (χ1) is 8.30. The van der Waals surface area contributed by atoms with E-state index in [1.807, 2.05) is 0 Å². The van der Waals surface area contributed by atoms with Crippen LogP contribution in [0, 0.1) is 5.82 Å². The SMILES string of the molecule is CCOC(=O)C(F)(F)C(O)c1cc(Cl)ccc1F. The number of hydrogen-bond donors (Lipinski definition) is 1. The zero-order chi connectivity index (χ0) is 13.9. The van der Waals surface area contributed by atoms with E-state index in [0.717, 1.165) is 18.2 Å². The van der Waals surface area contributed by atoms with Crippen molar-refractivity contribution in [3.05, 3.63) is 34.6 Å². The molecule has 0 aliphatic heterocycles. The van der Waals surface area contributed by atoms with Crippen LogP contribution >= 0.6 is 11.6 Å². The minimum Gasteiger partial charge on any atom is -0.461 e. The van der Waals surface area contributed by atoms with E-state index in [0.29, 0.717) is 0 Å². The van der Waals surface area contributed by atoms with Crippen molar-refractivity contribution in [1.29, 1.82) is 0 Å². The third-order valence-electron chi connectivity index (χ3n) is 2.14. The van der Waals surface area contributed by atoms with E-state index in [2.05, 4.69) is 4.74 Å². The van der Waals surface area contributed by atoms with Crippen molar-refractivity contribution in [3.8, 4) is 0 Å². The van der Waals surface area contributed by atoms with E-state index < -0.39 is 29.4 Å². The molecule has 1 rings (SSSR count). The highest BCUT2D eigenvalue weighted by Gasteiger charge is 2.49. The van der Waals surface area contributed by atoms with Gasteiger partial charge in [0.1, 0.15) is 5.82 Å². The number of carbonyl (C=O) groups is 1. The maximum Gasteiger partial charge on any atom is 0.380 e. The van der Waals surface area contributed by atoms with Gasteiger partial charge in [0, 0.05) is 10.6 Å². The molecule has 0 saturated heterocycles. The van der Waals surface area contributed by atoms with Crippen LogP contribution in [0.5, 0.6) is 0 Å². The number of aliphatic hydroxyl groups is 1. The van der Waals surface area contributed by atoms with Gasteiger partial charge in [0.25, 0.3) is 0 Å². The van der Waals surface area contributed by atoms with Gasteiger partial charge in [-0.2, -0.15) is 8.78 Å². The van der Waals surface area contributed by atoms with Crippen molar-refractivity contribution in [3.63, 3.8) is 0 Å². The summed E-state index contributed by atoms with van der Waals surface area (Å²) in [5.41, 5.74) is -0.763. The molecule has 0 amide bonds. The Morgan fingerprint density at radius 3 is 2.72 bits per heavy atom. The average Bonchev–Trinajstić information content (AvgIpc) is 2.31. The fourth-order valence-corrected chi connectivity index (χ4v) is 1.44. The lowest BCUT2D eigenvalue weighted by atomic mass is 10.0. The number of aliphatic hydroxyl groups excluding tert-OH is 1. The second-order valence-corrected chi connectivity index (χ2v) is 3.85. The fraction of sp³-hybridized carbons (Fsp3) is 0.364. The molecule has 1 unspecified atom stereocenters. The Morgan fingerprint density at radius 2 is 2.17 bits per heavy atom. The van der Waals surface area contributed by atoms with E-state index in [1.165, 1.54) is 6.92 Å². The molecule has 0 aromatic heterocycles. The first kappa shape index (κ1) is 14.8. The summed E-state index contributed by atoms with van der Waals surface area (Å²) in [5, 5.41) is 9.36. The van der Waals surface area contributed by atoms with Crippen molar-refractivity contribution in [2.45, 2.75) is 19.0 Å². The quantitative estimate of drug-likeness (QED) is 0.864. The molecular formula is C11H10ClF3O3. The Bertz CT molecular complexity index is 451. The van der Waals surface area contributed by atoms with Crippen LogP contribution in [0.2, 0.25) is 5.02 Å². The normalized spacial score (nSPS) is 13.2. The van der Waals surface area contributed by atoms with E-state index in [4.69, 9.17) is 11.6 Å². The van der Waals surface area contributed by atoms with Gasteiger partial charge in [-0.3, -0.25) is 0 Å². The highest BCUT2D eigenvalue weighted by molar-refractivity contribution is 6.30. The van der Waals surface area contributed by atoms with Gasteiger partial charge >= 0.3 is 11.9 Å². The van der Waals surface area contributed by atoms with Crippen LogP contribution in [-0.4, -0.2) is 23.6 Å². The Morgan fingerprint density at radius 1 is 1.56 bits per heavy atom. The van der Waals surface area contributed by atoms with E-state index in [9.17, 15) is 23.1 Å². The van der Waals surface area contributed by atoms with Gasteiger partial charge in [0.2, 0.25) is 0 Å². The van der Waals surface area contributed by atoms with Crippen molar-refractivity contribution in [1.82, 2.24) is 0 Å². The standard InChI is InChI=1S/C11H10ClF3O3/c1-2-18-10(17)11(14,15)9(16)7-5-6(12)3-4-8(7)13/h3-5,9,16H,2H2,1H3. The van der Waals surface area contributed by atoms with Gasteiger partial charge in [-0.05, 0) is 25.1 Å². The van der Waals surface area contributed by atoms with E-state index >= 15 is 0 Å². The first-order valence-corrected chi connectivity index (χ1v) is 5.36. The fourth-order valence-electron chi connectivity index (χ4n) is 1.26. The molecular weight excluding hydrogens is 273 g/mol. The van der Waals surface area contributed by atoms with Crippen molar-refractivity contribution in [2.75, 3.05) is 6.61 Å². The highest BCUT2D eigenvalue weighted by atomic mass is 35.5. The number of alkyl halides is 2. The Labute approximate surface area is 106 Å². The summed E-state index contributed by atoms with van der Waals surface area (Å²) in [5.74, 6) is -7.26. The Kier molecular flexibility index (Phi) is 4.59. The summed E-state index contributed by atoms with van der Waals surface area (Å²) in [4.78, 5) is 11.0. The van der Waals surface area contributed by atoms with Crippen molar-refractivity contribution >= 4 is 17.6 Å². The number of hydrogen-bond acceptors (Lipinski definition) is 3. The minimum atomic E-state index is -4.25. The maximum atomic E-state index is 13.5. The monoisotopic (exact) mass is 282 g/mol. The van der Waals surface area contributed by atoms with E-state index in [1.54, 1.807) is 0 Å². The van der Waals surface area contributed by atoms with Gasteiger partial charge in [0.15, 0.2) is 6.10 Å². The predicted molar refractivity (Wildman–Crippen MR) is 57.9 cm³/mol. The highest BCUT2D eigenvalue weighted by Crippen LogP contribution is 2.34. The third kappa shape index (κ3) is 2.94. The lowest BCUT2D eigenvalue weighted by Gasteiger charge is -2.21. The summed E-state index contributed by atoms with van der Waals surface area (Å²) in [6.45, 7) is 1.06. The second kappa shape index (κ2) is 5.58. The summed E-state index contributed by atoms with van der Waals surface area (Å²) in [7, 11) is 0. The van der Waals surface area contributed by atoms with Crippen LogP contribution in [0.1, 0.15) is 18.6 Å². The van der Waals surface area contributed by atoms with Crippen molar-refractivity contribution < 1.29 is 27.8 Å². The number of rotatable bonds is 4. The van der Waals surface area contributed by atoms with Crippen LogP contribution in [0.3, 0.4) is 0 Å². The first-order valence-electron chi connectivity index (χ1n) is 4.98. The molecule has 0 bridgehead atoms. The molecule has 0 saturated carbocycles. The number of ether oxygens (including phenoxy) is 1. The van der Waals surface area contributed by atoms with Crippen molar-refractivity contribution in [2.24, 2.45) is 0 Å². The van der Waals surface area contributed by atoms with Gasteiger partial charge in [0.05, 0.1) is 6.61 Å². The molecule has 0 aliphatic carbocycles. The molecule has 0 spiro atoms. The molecule has 0 heterocycles. The molecule has 1 atom stereocenters. The Balaban J connectivity index is 3.08. The molecule has 3 nitrogen and oxygen atoms in total. The molecule has 1 aromatic carbocycles. The number of benzene rings is 1. The lowest BCUT2D eigenvalue weighted by molar-refractivity contribution is -0.189. The predicted octanol–water partition coefficient (Wildman–Crippen LogP) is 2.71. The zero-order valence-electron chi connectivity index (χ0n) is 9.29. The van der Waals surface area contributed by atoms with E-state index in [-0.39, 0.29) is 11.6 Å². The molecule has 18 heavy (non-hydrogen) atoms. The Hall–Kier alpha value is -1.27. The van der Waals surface area contributed by atoms with Gasteiger partial charge < -0.3 is 9.84 Å². The van der Waals surface area contributed by atoms with Crippen LogP contribution in [-0.2, 0) is 9.53 Å². The molecule has 1 aromatic rings. The van der Waals surface area contributed by atoms with Crippen LogP contribution in [0.25, 0.3) is 0 Å². The summed E-state index contributed by atoms with van der Waals surface area (Å²) >= 11 is 5.51. The van der Waals surface area contributed by atoms with Crippen LogP contribution in [0.15, 0.2) is 18.2 Å². The van der Waals surface area contributed by atoms with Gasteiger partial charge in [-0.1, -0.05) is 11.6 Å². The van der Waals surface area contributed by atoms with Gasteiger partial charge in [-0.25, -0.2) is 9.18 Å². The summed E-state index contributed by atoms with van der Waals surface area (Å²) < 4.78 is 44.3. The molecule has 0 fully saturated rings. The van der Waals surface area contributed by atoms with Crippen LogP contribution in [0.4, 0.5) is 13.2 Å². The third-order valence-corrected chi connectivity index (χ3v) is 2.38. The number of esters is 1. The molecule has 0 radical (unpaired) electrons. The number of carbonyl (C=O) groups excluding carboxylic acids is 1. The maximum absolute atomic E-state index is 13.5. The topological polar surface area (TPSA) is 46.5 Å². The zero-order valence-corrected chi connectivity index (χ0v) is 10.0. The molecule has 7 heteroatoms. The second-order valence-electron chi connectivity index (χ2n) is 3.41. The molecule has 100 valence electrons. The number of halogens is 4.